The second kappa shape index (κ2) is 5.71. The lowest BCUT2D eigenvalue weighted by Gasteiger charge is -2.46. The van der Waals surface area contributed by atoms with E-state index in [1.807, 2.05) is 0 Å². The molecule has 0 spiro atoms. The summed E-state index contributed by atoms with van der Waals surface area (Å²) < 4.78 is 0. The van der Waals surface area contributed by atoms with Gasteiger partial charge in [0.15, 0.2) is 5.78 Å². The molecule has 0 saturated carbocycles. The third-order valence-electron chi connectivity index (χ3n) is 4.66. The van der Waals surface area contributed by atoms with Gasteiger partial charge in [0.25, 0.3) is 0 Å². The molecule has 1 fully saturated rings. The van der Waals surface area contributed by atoms with Crippen LogP contribution in [0.1, 0.15) is 47.0 Å². The number of carbonyl (C=O) groups excluding carboxylic acids is 1. The topological polar surface area (TPSA) is 17.1 Å². The van der Waals surface area contributed by atoms with Crippen LogP contribution in [0.3, 0.4) is 0 Å². The van der Waals surface area contributed by atoms with Crippen molar-refractivity contribution in [3.05, 3.63) is 23.8 Å². The minimum Gasteiger partial charge on any atom is -0.293 e. The van der Waals surface area contributed by atoms with Gasteiger partial charge in [-0.15, -0.1) is 0 Å². The van der Waals surface area contributed by atoms with E-state index in [0.29, 0.717) is 11.7 Å². The van der Waals surface area contributed by atoms with Crippen molar-refractivity contribution >= 4 is 15.8 Å². The molecule has 0 N–H and O–H groups in total. The van der Waals surface area contributed by atoms with Crippen molar-refractivity contribution < 1.29 is 4.79 Å². The third-order valence-corrected chi connectivity index (χ3v) is 9.17. The maximum Gasteiger partial charge on any atom is 0.174 e. The monoisotopic (exact) mass is 294 g/mol. The molecule has 0 aromatic rings. The smallest absolute Gasteiger partial charge is 0.174 e. The minimum atomic E-state index is -0.789. The Morgan fingerprint density at radius 3 is 2.35 bits per heavy atom. The molecule has 0 aromatic carbocycles. The van der Waals surface area contributed by atoms with Gasteiger partial charge in [0, 0.05) is 5.57 Å². The molecule has 0 bridgehead atoms. The van der Waals surface area contributed by atoms with Gasteiger partial charge < -0.3 is 0 Å². The maximum absolute atomic E-state index is 13.1. The Balaban J connectivity index is 2.28. The molecule has 0 radical (unpaired) electrons. The number of rotatable bonds is 3. The Morgan fingerprint density at radius 2 is 1.90 bits per heavy atom. The molecule has 20 heavy (non-hydrogen) atoms. The lowest BCUT2D eigenvalue weighted by molar-refractivity contribution is -0.116. The second-order valence-corrected chi connectivity index (χ2v) is 11.8. The standard InChI is InChI=1S/C18H30OS/c1-14-8-10-15(11-9-14)16(19)17(18(2,3)4)20(5)12-6-7-13-20/h8,10-11,14,17H,6-7,9,12-13H2,1-5H3. The van der Waals surface area contributed by atoms with Crippen molar-refractivity contribution in [1.29, 1.82) is 0 Å². The number of allylic oxidation sites excluding steroid dienone is 4. The summed E-state index contributed by atoms with van der Waals surface area (Å²) in [5.74, 6) is 3.57. The number of hydrogen-bond acceptors (Lipinski definition) is 1. The summed E-state index contributed by atoms with van der Waals surface area (Å²) in [6.07, 6.45) is 12.5. The molecule has 0 aromatic heterocycles. The Kier molecular flexibility index (Phi) is 4.53. The van der Waals surface area contributed by atoms with Crippen LogP contribution in [0, 0.1) is 11.3 Å². The van der Waals surface area contributed by atoms with E-state index in [0.717, 1.165) is 12.0 Å². The highest BCUT2D eigenvalue weighted by atomic mass is 32.3. The van der Waals surface area contributed by atoms with Gasteiger partial charge in [-0.05, 0) is 48.4 Å². The van der Waals surface area contributed by atoms with E-state index < -0.39 is 10.0 Å². The fraction of sp³-hybridized carbons (Fsp3) is 0.722. The summed E-state index contributed by atoms with van der Waals surface area (Å²) in [5, 5.41) is 0.224. The van der Waals surface area contributed by atoms with Crippen LogP contribution in [0.25, 0.3) is 0 Å². The second-order valence-electron chi connectivity index (χ2n) is 7.81. The molecule has 2 aliphatic rings. The Hall–Kier alpha value is -0.500. The number of carbonyl (C=O) groups is 1. The Bertz CT molecular complexity index is 433. The molecule has 1 heterocycles. The molecular weight excluding hydrogens is 264 g/mol. The van der Waals surface area contributed by atoms with Gasteiger partial charge in [0.1, 0.15) is 0 Å². The molecule has 2 unspecified atom stereocenters. The first-order chi connectivity index (χ1) is 9.24. The van der Waals surface area contributed by atoms with E-state index >= 15 is 0 Å². The van der Waals surface area contributed by atoms with Gasteiger partial charge in [-0.25, -0.2) is 10.0 Å². The molecule has 2 atom stereocenters. The van der Waals surface area contributed by atoms with Crippen LogP contribution in [-0.2, 0) is 4.79 Å². The molecule has 1 aliphatic heterocycles. The first-order valence-corrected chi connectivity index (χ1v) is 10.3. The highest BCUT2D eigenvalue weighted by Gasteiger charge is 2.44. The number of hydrogen-bond donors (Lipinski definition) is 0. The summed E-state index contributed by atoms with van der Waals surface area (Å²) in [4.78, 5) is 13.1. The molecule has 2 rings (SSSR count). The van der Waals surface area contributed by atoms with Crippen molar-refractivity contribution in [1.82, 2.24) is 0 Å². The number of ketones is 1. The summed E-state index contributed by atoms with van der Waals surface area (Å²) in [5.41, 5.74) is 1.05. The number of Topliss-reactive ketones (excluding diaryl/α,β-unsaturated/α-hetero) is 1. The van der Waals surface area contributed by atoms with Crippen LogP contribution in [0.4, 0.5) is 0 Å². The summed E-state index contributed by atoms with van der Waals surface area (Å²) >= 11 is 0. The van der Waals surface area contributed by atoms with E-state index in [1.54, 1.807) is 0 Å². The highest BCUT2D eigenvalue weighted by Crippen LogP contribution is 2.60. The fourth-order valence-corrected chi connectivity index (χ4v) is 8.53. The largest absolute Gasteiger partial charge is 0.293 e. The van der Waals surface area contributed by atoms with Crippen molar-refractivity contribution in [2.24, 2.45) is 11.3 Å². The van der Waals surface area contributed by atoms with Gasteiger partial charge in [0.05, 0.1) is 5.25 Å². The first-order valence-electron chi connectivity index (χ1n) is 7.89. The van der Waals surface area contributed by atoms with E-state index in [2.05, 4.69) is 52.2 Å². The lowest BCUT2D eigenvalue weighted by atomic mass is 9.85. The molecular formula is C18H30OS. The quantitative estimate of drug-likeness (QED) is 0.736. The Labute approximate surface area is 126 Å². The van der Waals surface area contributed by atoms with Gasteiger partial charge in [-0.3, -0.25) is 4.79 Å². The fourth-order valence-electron chi connectivity index (χ4n) is 3.77. The third kappa shape index (κ3) is 3.21. The van der Waals surface area contributed by atoms with Gasteiger partial charge >= 0.3 is 0 Å². The average molecular weight is 295 g/mol. The zero-order valence-electron chi connectivity index (χ0n) is 13.7. The van der Waals surface area contributed by atoms with Gasteiger partial charge in [-0.2, -0.15) is 0 Å². The molecule has 2 heteroatoms. The summed E-state index contributed by atoms with van der Waals surface area (Å²) in [6.45, 7) is 8.96. The molecule has 0 amide bonds. The summed E-state index contributed by atoms with van der Waals surface area (Å²) in [7, 11) is -0.789. The maximum atomic E-state index is 13.1. The van der Waals surface area contributed by atoms with Gasteiger partial charge in [-0.1, -0.05) is 45.9 Å². The summed E-state index contributed by atoms with van der Waals surface area (Å²) in [6, 6.07) is 0. The van der Waals surface area contributed by atoms with Crippen LogP contribution >= 0.6 is 10.0 Å². The molecule has 1 saturated heterocycles. The predicted octanol–water partition coefficient (Wildman–Crippen LogP) is 4.72. The van der Waals surface area contributed by atoms with Gasteiger partial charge in [0.2, 0.25) is 0 Å². The van der Waals surface area contributed by atoms with Crippen LogP contribution in [0.2, 0.25) is 0 Å². The Morgan fingerprint density at radius 1 is 1.30 bits per heavy atom. The molecule has 114 valence electrons. The van der Waals surface area contributed by atoms with Crippen molar-refractivity contribution in [2.45, 2.75) is 52.2 Å². The average Bonchev–Trinajstić information content (AvgIpc) is 2.75. The van der Waals surface area contributed by atoms with E-state index in [1.165, 1.54) is 24.3 Å². The van der Waals surface area contributed by atoms with E-state index in [-0.39, 0.29) is 10.7 Å². The van der Waals surface area contributed by atoms with Crippen molar-refractivity contribution in [2.75, 3.05) is 17.8 Å². The van der Waals surface area contributed by atoms with Crippen LogP contribution in [-0.4, -0.2) is 28.8 Å². The zero-order valence-corrected chi connectivity index (χ0v) is 14.6. The van der Waals surface area contributed by atoms with E-state index in [9.17, 15) is 4.79 Å². The molecule has 1 aliphatic carbocycles. The first kappa shape index (κ1) is 15.9. The highest BCUT2D eigenvalue weighted by molar-refractivity contribution is 8.34. The lowest BCUT2D eigenvalue weighted by Crippen LogP contribution is -2.40. The van der Waals surface area contributed by atoms with Crippen LogP contribution in [0.15, 0.2) is 23.8 Å². The predicted molar refractivity (Wildman–Crippen MR) is 91.7 cm³/mol. The molecule has 1 nitrogen and oxygen atoms in total. The zero-order chi connectivity index (χ0) is 15.0. The normalized spacial score (nSPS) is 28.9. The minimum absolute atomic E-state index is 0.0727. The van der Waals surface area contributed by atoms with E-state index in [4.69, 9.17) is 0 Å². The SMILES string of the molecule is CC1C=CC(C(=O)C(C(C)(C)C)S2(C)CCCC2)=CC1. The van der Waals surface area contributed by atoms with Crippen molar-refractivity contribution in [3.8, 4) is 0 Å². The van der Waals surface area contributed by atoms with Crippen LogP contribution < -0.4 is 0 Å². The van der Waals surface area contributed by atoms with Crippen LogP contribution in [0.5, 0.6) is 0 Å². The van der Waals surface area contributed by atoms with Crippen molar-refractivity contribution in [3.63, 3.8) is 0 Å².